The first-order valence-corrected chi connectivity index (χ1v) is 4.41. The summed E-state index contributed by atoms with van der Waals surface area (Å²) in [6.07, 6.45) is 6.57. The van der Waals surface area contributed by atoms with E-state index >= 15 is 0 Å². The molecule has 1 aliphatic carbocycles. The third-order valence-corrected chi connectivity index (χ3v) is 2.52. The monoisotopic (exact) mass is 168 g/mol. The van der Waals surface area contributed by atoms with E-state index in [2.05, 4.69) is 13.8 Å². The number of aliphatic carboxylic acids is 1. The van der Waals surface area contributed by atoms with E-state index in [4.69, 9.17) is 5.11 Å². The minimum atomic E-state index is -0.834. The van der Waals surface area contributed by atoms with Gasteiger partial charge < -0.3 is 5.11 Å². The lowest BCUT2D eigenvalue weighted by atomic mass is 9.90. The Bertz CT molecular complexity index is 204. The van der Waals surface area contributed by atoms with Gasteiger partial charge in [-0.1, -0.05) is 19.9 Å². The zero-order valence-corrected chi connectivity index (χ0v) is 7.71. The Morgan fingerprint density at radius 3 is 2.67 bits per heavy atom. The summed E-state index contributed by atoms with van der Waals surface area (Å²) in [5, 5.41) is 8.42. The Morgan fingerprint density at radius 2 is 2.25 bits per heavy atom. The molecule has 0 aromatic carbocycles. The van der Waals surface area contributed by atoms with Gasteiger partial charge in [-0.2, -0.15) is 0 Å². The molecule has 1 unspecified atom stereocenters. The van der Waals surface area contributed by atoms with Gasteiger partial charge in [0.05, 0.1) is 0 Å². The van der Waals surface area contributed by atoms with Crippen LogP contribution in [0.25, 0.3) is 0 Å². The molecule has 1 saturated carbocycles. The van der Waals surface area contributed by atoms with Gasteiger partial charge in [-0.3, -0.25) is 0 Å². The van der Waals surface area contributed by atoms with E-state index in [1.807, 2.05) is 6.08 Å². The molecule has 1 rings (SSSR count). The number of allylic oxidation sites excluding steroid dienone is 1. The fourth-order valence-corrected chi connectivity index (χ4v) is 1.87. The Morgan fingerprint density at radius 1 is 1.58 bits per heavy atom. The van der Waals surface area contributed by atoms with E-state index in [1.165, 1.54) is 12.5 Å². The highest BCUT2D eigenvalue weighted by Crippen LogP contribution is 2.41. The van der Waals surface area contributed by atoms with E-state index in [-0.39, 0.29) is 0 Å². The van der Waals surface area contributed by atoms with Gasteiger partial charge in [-0.05, 0) is 30.6 Å². The predicted molar refractivity (Wildman–Crippen MR) is 47.9 cm³/mol. The minimum absolute atomic E-state index is 0.410. The van der Waals surface area contributed by atoms with Crippen LogP contribution in [0.5, 0.6) is 0 Å². The summed E-state index contributed by atoms with van der Waals surface area (Å²) in [6, 6.07) is 0. The maximum Gasteiger partial charge on any atom is 0.327 e. The van der Waals surface area contributed by atoms with E-state index in [0.717, 1.165) is 12.8 Å². The third-order valence-electron chi connectivity index (χ3n) is 2.52. The second-order valence-corrected chi connectivity index (χ2v) is 4.36. The van der Waals surface area contributed by atoms with Crippen LogP contribution in [-0.2, 0) is 4.79 Å². The average Bonchev–Trinajstić information content (AvgIpc) is 2.26. The van der Waals surface area contributed by atoms with Crippen molar-refractivity contribution < 1.29 is 9.90 Å². The summed E-state index contributed by atoms with van der Waals surface area (Å²) in [5.74, 6) is -0.351. The number of hydrogen-bond acceptors (Lipinski definition) is 1. The van der Waals surface area contributed by atoms with Crippen LogP contribution >= 0.6 is 0 Å². The molecule has 0 radical (unpaired) electrons. The van der Waals surface area contributed by atoms with E-state index in [0.29, 0.717) is 11.3 Å². The van der Waals surface area contributed by atoms with Crippen molar-refractivity contribution in [2.75, 3.05) is 0 Å². The molecule has 0 saturated heterocycles. The molecule has 0 heterocycles. The molecular formula is C10H16O2. The second-order valence-electron chi connectivity index (χ2n) is 4.36. The van der Waals surface area contributed by atoms with Crippen molar-refractivity contribution >= 4 is 5.97 Å². The maximum absolute atomic E-state index is 10.2. The van der Waals surface area contributed by atoms with Crippen molar-refractivity contribution in [3.8, 4) is 0 Å². The van der Waals surface area contributed by atoms with Gasteiger partial charge in [-0.25, -0.2) is 4.79 Å². The number of rotatable bonds is 2. The zero-order chi connectivity index (χ0) is 9.19. The predicted octanol–water partition coefficient (Wildman–Crippen LogP) is 2.45. The number of carbonyl (C=O) groups is 1. The molecule has 0 aromatic heterocycles. The first-order chi connectivity index (χ1) is 5.49. The molecule has 68 valence electrons. The molecule has 2 nitrogen and oxygen atoms in total. The summed E-state index contributed by atoms with van der Waals surface area (Å²) in [4.78, 5) is 10.2. The van der Waals surface area contributed by atoms with Crippen molar-refractivity contribution in [2.45, 2.75) is 33.1 Å². The first kappa shape index (κ1) is 9.30. The molecular weight excluding hydrogens is 152 g/mol. The van der Waals surface area contributed by atoms with Crippen LogP contribution in [0.4, 0.5) is 0 Å². The lowest BCUT2D eigenvalue weighted by Crippen LogP contribution is -2.04. The molecule has 1 atom stereocenters. The number of carboxylic acid groups (broad SMARTS) is 1. The van der Waals surface area contributed by atoms with Crippen LogP contribution < -0.4 is 0 Å². The van der Waals surface area contributed by atoms with Gasteiger partial charge >= 0.3 is 5.97 Å². The summed E-state index contributed by atoms with van der Waals surface area (Å²) in [6.45, 7) is 4.48. The highest BCUT2D eigenvalue weighted by Gasteiger charge is 2.29. The van der Waals surface area contributed by atoms with Crippen molar-refractivity contribution in [3.05, 3.63) is 12.2 Å². The summed E-state index contributed by atoms with van der Waals surface area (Å²) in [5.41, 5.74) is 0.410. The second kappa shape index (κ2) is 3.30. The molecule has 0 spiro atoms. The van der Waals surface area contributed by atoms with E-state index < -0.39 is 5.97 Å². The normalized spacial score (nSPS) is 28.0. The molecule has 1 fully saturated rings. The van der Waals surface area contributed by atoms with Gasteiger partial charge in [0.2, 0.25) is 0 Å². The van der Waals surface area contributed by atoms with E-state index in [1.54, 1.807) is 0 Å². The third kappa shape index (κ3) is 2.68. The molecule has 2 heteroatoms. The topological polar surface area (TPSA) is 37.3 Å². The lowest BCUT2D eigenvalue weighted by Gasteiger charge is -2.15. The maximum atomic E-state index is 10.2. The molecule has 12 heavy (non-hydrogen) atoms. The van der Waals surface area contributed by atoms with Gasteiger partial charge in [0.1, 0.15) is 0 Å². The summed E-state index contributed by atoms with van der Waals surface area (Å²) >= 11 is 0. The van der Waals surface area contributed by atoms with Crippen molar-refractivity contribution in [3.63, 3.8) is 0 Å². The summed E-state index contributed by atoms with van der Waals surface area (Å²) < 4.78 is 0. The summed E-state index contributed by atoms with van der Waals surface area (Å²) in [7, 11) is 0. The van der Waals surface area contributed by atoms with Gasteiger partial charge in [0.25, 0.3) is 0 Å². The fourth-order valence-electron chi connectivity index (χ4n) is 1.87. The smallest absolute Gasteiger partial charge is 0.327 e. The molecule has 0 amide bonds. The van der Waals surface area contributed by atoms with E-state index in [9.17, 15) is 4.79 Å². The van der Waals surface area contributed by atoms with Crippen LogP contribution in [0.15, 0.2) is 12.2 Å². The van der Waals surface area contributed by atoms with Crippen molar-refractivity contribution in [2.24, 2.45) is 11.3 Å². The van der Waals surface area contributed by atoms with Gasteiger partial charge in [-0.15, -0.1) is 0 Å². The standard InChI is InChI=1S/C10H16O2/c1-10(2)6-5-8(7-10)3-4-9(11)12/h3-4,8H,5-7H2,1-2H3,(H,11,12)/b4-3+. The quantitative estimate of drug-likeness (QED) is 0.643. The first-order valence-electron chi connectivity index (χ1n) is 4.41. The Kier molecular flexibility index (Phi) is 2.55. The zero-order valence-electron chi connectivity index (χ0n) is 7.71. The molecule has 1 N–H and O–H groups in total. The van der Waals surface area contributed by atoms with Crippen LogP contribution in [0.3, 0.4) is 0 Å². The van der Waals surface area contributed by atoms with Crippen LogP contribution in [0, 0.1) is 11.3 Å². The van der Waals surface area contributed by atoms with Gasteiger partial charge in [0.15, 0.2) is 0 Å². The highest BCUT2D eigenvalue weighted by molar-refractivity contribution is 5.79. The molecule has 0 bridgehead atoms. The van der Waals surface area contributed by atoms with Crippen molar-refractivity contribution in [1.29, 1.82) is 0 Å². The number of hydrogen-bond donors (Lipinski definition) is 1. The highest BCUT2D eigenvalue weighted by atomic mass is 16.4. The lowest BCUT2D eigenvalue weighted by molar-refractivity contribution is -0.131. The Balaban J connectivity index is 2.43. The van der Waals surface area contributed by atoms with Crippen molar-refractivity contribution in [1.82, 2.24) is 0 Å². The van der Waals surface area contributed by atoms with Gasteiger partial charge in [0, 0.05) is 6.08 Å². The molecule has 0 aromatic rings. The largest absolute Gasteiger partial charge is 0.478 e. The van der Waals surface area contributed by atoms with Crippen LogP contribution in [0.2, 0.25) is 0 Å². The Labute approximate surface area is 73.3 Å². The molecule has 0 aliphatic heterocycles. The SMILES string of the molecule is CC1(C)CCC(/C=C/C(=O)O)C1. The average molecular weight is 168 g/mol. The minimum Gasteiger partial charge on any atom is -0.478 e. The Hall–Kier alpha value is -0.790. The van der Waals surface area contributed by atoms with Crippen LogP contribution in [-0.4, -0.2) is 11.1 Å². The number of carboxylic acids is 1. The van der Waals surface area contributed by atoms with Crippen LogP contribution in [0.1, 0.15) is 33.1 Å². The molecule has 1 aliphatic rings. The fraction of sp³-hybridized carbons (Fsp3) is 0.700.